The first-order valence-electron chi connectivity index (χ1n) is 8.73. The van der Waals surface area contributed by atoms with E-state index in [1.54, 1.807) is 21.5 Å². The lowest BCUT2D eigenvalue weighted by Crippen LogP contribution is -2.65. The van der Waals surface area contributed by atoms with E-state index in [-0.39, 0.29) is 34.3 Å². The van der Waals surface area contributed by atoms with Gasteiger partial charge in [-0.15, -0.1) is 0 Å². The average Bonchev–Trinajstić information content (AvgIpc) is 2.90. The van der Waals surface area contributed by atoms with Gasteiger partial charge in [-0.25, -0.2) is 23.5 Å². The van der Waals surface area contributed by atoms with E-state index in [9.17, 15) is 9.59 Å². The standard InChI is InChI=1S/C20H21N3O2/c1-12-13(2)20(4)16-11-10-15(19(12,20)3)22-17(24)21(18(25)23(16)22)14-8-6-5-7-9-14/h5-11,15-16H,1-4H3. The largest absolute Gasteiger partial charge is 0.352 e. The van der Waals surface area contributed by atoms with Crippen LogP contribution in [0.5, 0.6) is 0 Å². The summed E-state index contributed by atoms with van der Waals surface area (Å²) in [5.41, 5.74) is 2.54. The van der Waals surface area contributed by atoms with Crippen LogP contribution < -0.4 is 11.4 Å². The van der Waals surface area contributed by atoms with Crippen LogP contribution in [0, 0.1) is 10.8 Å². The van der Waals surface area contributed by atoms with Gasteiger partial charge in [0.1, 0.15) is 0 Å². The molecule has 0 spiro atoms. The molecule has 2 aromatic rings. The van der Waals surface area contributed by atoms with E-state index < -0.39 is 0 Å². The van der Waals surface area contributed by atoms with Crippen LogP contribution in [0.2, 0.25) is 0 Å². The fraction of sp³-hybridized carbons (Fsp3) is 0.400. The number of nitrogens with zero attached hydrogens (tertiary/aromatic N) is 3. The first-order chi connectivity index (χ1) is 11.8. The molecule has 2 bridgehead atoms. The van der Waals surface area contributed by atoms with E-state index in [0.29, 0.717) is 5.69 Å². The summed E-state index contributed by atoms with van der Waals surface area (Å²) in [5.74, 6) is 0. The Balaban J connectivity index is 1.85. The van der Waals surface area contributed by atoms with Gasteiger partial charge < -0.3 is 0 Å². The van der Waals surface area contributed by atoms with Gasteiger partial charge in [-0.1, -0.05) is 55.3 Å². The number of allylic oxidation sites excluding steroid dienone is 4. The van der Waals surface area contributed by atoms with Crippen molar-refractivity contribution in [3.05, 3.63) is 74.6 Å². The maximum Gasteiger partial charge on any atom is 0.352 e. The summed E-state index contributed by atoms with van der Waals surface area (Å²) < 4.78 is 4.66. The Hall–Kier alpha value is -2.56. The first-order valence-corrected chi connectivity index (χ1v) is 8.73. The SMILES string of the molecule is CC1=C(C)C2(C)C3C=CC(n4c(=O)n(-c5ccccc5)c(=O)n43)C12C. The lowest BCUT2D eigenvalue weighted by Gasteiger charge is -2.67. The third-order valence-electron chi connectivity index (χ3n) is 7.41. The summed E-state index contributed by atoms with van der Waals surface area (Å²) in [6, 6.07) is 8.92. The topological polar surface area (TPSA) is 48.9 Å². The zero-order chi connectivity index (χ0) is 17.7. The highest BCUT2D eigenvalue weighted by Gasteiger charge is 2.68. The molecule has 2 aliphatic carbocycles. The Morgan fingerprint density at radius 1 is 0.800 bits per heavy atom. The van der Waals surface area contributed by atoms with Gasteiger partial charge in [-0.3, -0.25) is 0 Å². The first kappa shape index (κ1) is 14.8. The molecule has 0 saturated carbocycles. The highest BCUT2D eigenvalue weighted by atomic mass is 16.2. The van der Waals surface area contributed by atoms with Crippen molar-refractivity contribution in [1.29, 1.82) is 0 Å². The molecule has 128 valence electrons. The van der Waals surface area contributed by atoms with Gasteiger partial charge in [0.05, 0.1) is 17.8 Å². The van der Waals surface area contributed by atoms with Crippen LogP contribution in [0.1, 0.15) is 39.8 Å². The predicted octanol–water partition coefficient (Wildman–Crippen LogP) is 2.83. The summed E-state index contributed by atoms with van der Waals surface area (Å²) in [6.45, 7) is 8.79. The van der Waals surface area contributed by atoms with Crippen molar-refractivity contribution >= 4 is 0 Å². The zero-order valence-corrected chi connectivity index (χ0v) is 14.9. The molecule has 0 saturated heterocycles. The number of rotatable bonds is 1. The molecule has 4 atom stereocenters. The van der Waals surface area contributed by atoms with Crippen molar-refractivity contribution in [3.63, 3.8) is 0 Å². The lowest BCUT2D eigenvalue weighted by atomic mass is 9.41. The van der Waals surface area contributed by atoms with Crippen molar-refractivity contribution < 1.29 is 0 Å². The van der Waals surface area contributed by atoms with Crippen LogP contribution >= 0.6 is 0 Å². The third-order valence-corrected chi connectivity index (χ3v) is 7.41. The van der Waals surface area contributed by atoms with Gasteiger partial charge in [-0.05, 0) is 26.0 Å². The van der Waals surface area contributed by atoms with E-state index in [4.69, 9.17) is 0 Å². The van der Waals surface area contributed by atoms with E-state index in [1.807, 2.05) is 18.2 Å². The Kier molecular flexibility index (Phi) is 2.45. The fourth-order valence-corrected chi connectivity index (χ4v) is 5.58. The van der Waals surface area contributed by atoms with Crippen LogP contribution in [0.3, 0.4) is 0 Å². The van der Waals surface area contributed by atoms with E-state index in [0.717, 1.165) is 0 Å². The molecule has 0 amide bonds. The second-order valence-corrected chi connectivity index (χ2v) is 7.85. The average molecular weight is 335 g/mol. The van der Waals surface area contributed by atoms with Gasteiger partial charge in [0.25, 0.3) is 0 Å². The van der Waals surface area contributed by atoms with E-state index in [1.165, 1.54) is 15.7 Å². The van der Waals surface area contributed by atoms with Crippen molar-refractivity contribution in [2.45, 2.75) is 39.8 Å². The van der Waals surface area contributed by atoms with E-state index in [2.05, 4.69) is 39.8 Å². The lowest BCUT2D eigenvalue weighted by molar-refractivity contribution is -0.0483. The van der Waals surface area contributed by atoms with Gasteiger partial charge in [-0.2, -0.15) is 0 Å². The molecule has 2 aliphatic heterocycles. The molecule has 3 heterocycles. The van der Waals surface area contributed by atoms with Crippen molar-refractivity contribution in [1.82, 2.24) is 13.9 Å². The molecule has 6 rings (SSSR count). The molecular formula is C20H21N3O2. The molecule has 5 heteroatoms. The highest BCUT2D eigenvalue weighted by molar-refractivity contribution is 5.49. The van der Waals surface area contributed by atoms with Gasteiger partial charge in [0, 0.05) is 10.8 Å². The number of hydrogen-bond acceptors (Lipinski definition) is 2. The second kappa shape index (κ2) is 4.15. The maximum absolute atomic E-state index is 13.2. The smallest absolute Gasteiger partial charge is 0.245 e. The Bertz CT molecular complexity index is 1030. The van der Waals surface area contributed by atoms with Crippen LogP contribution in [0.15, 0.2) is 63.2 Å². The second-order valence-electron chi connectivity index (χ2n) is 7.85. The van der Waals surface area contributed by atoms with Gasteiger partial charge in [0.15, 0.2) is 0 Å². The number of benzene rings is 1. The molecule has 0 N–H and O–H groups in total. The number of aromatic nitrogens is 3. The molecule has 25 heavy (non-hydrogen) atoms. The van der Waals surface area contributed by atoms with Gasteiger partial charge in [0.2, 0.25) is 0 Å². The predicted molar refractivity (Wildman–Crippen MR) is 96.1 cm³/mol. The molecule has 4 unspecified atom stereocenters. The molecule has 0 fully saturated rings. The Morgan fingerprint density at radius 2 is 1.24 bits per heavy atom. The summed E-state index contributed by atoms with van der Waals surface area (Å²) in [6.07, 6.45) is 4.22. The number of para-hydroxylation sites is 1. The minimum absolute atomic E-state index is 0.128. The summed E-state index contributed by atoms with van der Waals surface area (Å²) in [5, 5.41) is 0. The summed E-state index contributed by atoms with van der Waals surface area (Å²) in [4.78, 5) is 26.4. The third kappa shape index (κ3) is 1.28. The minimum atomic E-state index is -0.254. The summed E-state index contributed by atoms with van der Waals surface area (Å²) >= 11 is 0. The number of hydrogen-bond donors (Lipinski definition) is 0. The molecular weight excluding hydrogens is 314 g/mol. The molecule has 4 aliphatic rings. The molecule has 5 nitrogen and oxygen atoms in total. The molecule has 0 radical (unpaired) electrons. The quantitative estimate of drug-likeness (QED) is 0.753. The van der Waals surface area contributed by atoms with Crippen LogP contribution in [0.25, 0.3) is 5.69 Å². The van der Waals surface area contributed by atoms with Crippen LogP contribution in [0.4, 0.5) is 0 Å². The van der Waals surface area contributed by atoms with Crippen molar-refractivity contribution in [3.8, 4) is 5.69 Å². The monoisotopic (exact) mass is 335 g/mol. The molecule has 1 aromatic carbocycles. The van der Waals surface area contributed by atoms with E-state index >= 15 is 0 Å². The normalized spacial score (nSPS) is 34.7. The fourth-order valence-electron chi connectivity index (χ4n) is 5.58. The Labute approximate surface area is 145 Å². The van der Waals surface area contributed by atoms with Crippen LogP contribution in [-0.2, 0) is 0 Å². The highest BCUT2D eigenvalue weighted by Crippen LogP contribution is 2.72. The van der Waals surface area contributed by atoms with Crippen molar-refractivity contribution in [2.75, 3.05) is 0 Å². The summed E-state index contributed by atoms with van der Waals surface area (Å²) in [7, 11) is 0. The maximum atomic E-state index is 13.2. The zero-order valence-electron chi connectivity index (χ0n) is 14.9. The Morgan fingerprint density at radius 3 is 1.68 bits per heavy atom. The van der Waals surface area contributed by atoms with Gasteiger partial charge >= 0.3 is 11.4 Å². The minimum Gasteiger partial charge on any atom is -0.245 e. The van der Waals surface area contributed by atoms with Crippen LogP contribution in [-0.4, -0.2) is 13.9 Å². The van der Waals surface area contributed by atoms with Crippen molar-refractivity contribution in [2.24, 2.45) is 10.8 Å². The molecule has 1 aromatic heterocycles.